The third kappa shape index (κ3) is 3.01. The zero-order valence-electron chi connectivity index (χ0n) is 14.9. The van der Waals surface area contributed by atoms with Crippen LogP contribution in [0.4, 0.5) is 4.79 Å². The van der Waals surface area contributed by atoms with Crippen molar-refractivity contribution in [2.24, 2.45) is 0 Å². The first-order valence-electron chi connectivity index (χ1n) is 8.70. The molecule has 1 aromatic heterocycles. The van der Waals surface area contributed by atoms with Gasteiger partial charge in [-0.25, -0.2) is 9.78 Å². The van der Waals surface area contributed by atoms with E-state index in [1.165, 1.54) is 0 Å². The number of imidazole rings is 1. The minimum absolute atomic E-state index is 0.0180. The number of benzene rings is 1. The Morgan fingerprint density at radius 3 is 3.00 bits per heavy atom. The Kier molecular flexibility index (Phi) is 4.07. The first kappa shape index (κ1) is 16.8. The summed E-state index contributed by atoms with van der Waals surface area (Å²) in [6.07, 6.45) is 0.341. The number of aromatic nitrogens is 2. The van der Waals surface area contributed by atoms with Crippen LogP contribution in [-0.2, 0) is 20.9 Å². The third-order valence-electron chi connectivity index (χ3n) is 5.04. The lowest BCUT2D eigenvalue weighted by Gasteiger charge is -2.21. The number of aryl methyl sites for hydroxylation is 1. The van der Waals surface area contributed by atoms with Crippen molar-refractivity contribution < 1.29 is 19.1 Å². The van der Waals surface area contributed by atoms with Crippen molar-refractivity contribution in [3.8, 4) is 0 Å². The standard InChI is InChI=1S/C18H22N4O4/c1-12-4-3-5-13-16(12)20-14(19-13)8-25-9-15(23)22-7-6-18(11-22)10-21(2)17(24)26-18/h3-5H,6-11H2,1-2H3,(H,19,20)/t18-/m0/s1. The largest absolute Gasteiger partial charge is 0.439 e. The van der Waals surface area contributed by atoms with Gasteiger partial charge in [0.05, 0.1) is 24.1 Å². The van der Waals surface area contributed by atoms with E-state index < -0.39 is 5.60 Å². The van der Waals surface area contributed by atoms with E-state index in [0.717, 1.165) is 16.6 Å². The van der Waals surface area contributed by atoms with Crippen molar-refractivity contribution in [2.75, 3.05) is 33.3 Å². The Morgan fingerprint density at radius 1 is 1.42 bits per heavy atom. The first-order chi connectivity index (χ1) is 12.5. The number of likely N-dealkylation sites (N-methyl/N-ethyl adjacent to an activating group) is 1. The molecule has 1 aromatic carbocycles. The molecule has 0 radical (unpaired) electrons. The average molecular weight is 358 g/mol. The maximum absolute atomic E-state index is 12.4. The summed E-state index contributed by atoms with van der Waals surface area (Å²) in [6, 6.07) is 5.95. The van der Waals surface area contributed by atoms with Crippen molar-refractivity contribution in [3.05, 3.63) is 29.6 Å². The summed E-state index contributed by atoms with van der Waals surface area (Å²) in [4.78, 5) is 35.0. The Bertz CT molecular complexity index is 864. The van der Waals surface area contributed by atoms with Gasteiger partial charge in [0.25, 0.3) is 0 Å². The van der Waals surface area contributed by atoms with Crippen LogP contribution in [-0.4, -0.2) is 70.7 Å². The second-order valence-electron chi connectivity index (χ2n) is 7.12. The Morgan fingerprint density at radius 2 is 2.27 bits per heavy atom. The molecule has 4 rings (SSSR count). The quantitative estimate of drug-likeness (QED) is 0.894. The lowest BCUT2D eigenvalue weighted by molar-refractivity contribution is -0.136. The van der Waals surface area contributed by atoms with Crippen LogP contribution in [0, 0.1) is 6.92 Å². The molecule has 2 aromatic rings. The summed E-state index contributed by atoms with van der Waals surface area (Å²) < 4.78 is 11.0. The summed E-state index contributed by atoms with van der Waals surface area (Å²) in [7, 11) is 1.71. The van der Waals surface area contributed by atoms with Crippen LogP contribution < -0.4 is 0 Å². The van der Waals surface area contributed by atoms with Gasteiger partial charge in [0.15, 0.2) is 5.60 Å². The molecule has 0 aliphatic carbocycles. The van der Waals surface area contributed by atoms with Gasteiger partial charge in [-0.3, -0.25) is 4.79 Å². The third-order valence-corrected chi connectivity index (χ3v) is 5.04. The number of carbonyl (C=O) groups is 2. The van der Waals surface area contributed by atoms with E-state index in [1.807, 2.05) is 25.1 Å². The fraction of sp³-hybridized carbons (Fsp3) is 0.500. The van der Waals surface area contributed by atoms with Gasteiger partial charge in [0, 0.05) is 20.0 Å². The van der Waals surface area contributed by atoms with Gasteiger partial charge in [0.1, 0.15) is 19.0 Å². The predicted octanol–water partition coefficient (Wildman–Crippen LogP) is 1.44. The van der Waals surface area contributed by atoms with Gasteiger partial charge in [-0.15, -0.1) is 0 Å². The van der Waals surface area contributed by atoms with E-state index in [9.17, 15) is 9.59 Å². The van der Waals surface area contributed by atoms with Crippen molar-refractivity contribution in [1.29, 1.82) is 0 Å². The maximum atomic E-state index is 12.4. The molecule has 2 fully saturated rings. The second kappa shape index (κ2) is 6.28. The van der Waals surface area contributed by atoms with E-state index in [-0.39, 0.29) is 25.2 Å². The van der Waals surface area contributed by atoms with Gasteiger partial charge >= 0.3 is 6.09 Å². The van der Waals surface area contributed by atoms with Crippen molar-refractivity contribution >= 4 is 23.0 Å². The number of fused-ring (bicyclic) bond motifs is 1. The minimum Gasteiger partial charge on any atom is -0.439 e. The topological polar surface area (TPSA) is 87.8 Å². The summed E-state index contributed by atoms with van der Waals surface area (Å²) in [6.45, 7) is 3.76. The molecular weight excluding hydrogens is 336 g/mol. The number of H-pyrrole nitrogens is 1. The number of para-hydroxylation sites is 1. The van der Waals surface area contributed by atoms with Gasteiger partial charge in [-0.05, 0) is 18.6 Å². The number of hydrogen-bond acceptors (Lipinski definition) is 5. The maximum Gasteiger partial charge on any atom is 0.410 e. The zero-order chi connectivity index (χ0) is 18.3. The number of hydrogen-bond donors (Lipinski definition) is 1. The van der Waals surface area contributed by atoms with Gasteiger partial charge < -0.3 is 24.3 Å². The molecule has 0 unspecified atom stereocenters. The molecule has 8 heteroatoms. The number of nitrogens with zero attached hydrogens (tertiary/aromatic N) is 3. The molecule has 138 valence electrons. The monoisotopic (exact) mass is 358 g/mol. The Labute approximate surface area is 151 Å². The van der Waals surface area contributed by atoms with Crippen LogP contribution in [0.1, 0.15) is 17.8 Å². The summed E-state index contributed by atoms with van der Waals surface area (Å²) in [5.41, 5.74) is 2.42. The smallest absolute Gasteiger partial charge is 0.410 e. The van der Waals surface area contributed by atoms with Crippen LogP contribution in [0.3, 0.4) is 0 Å². The summed E-state index contributed by atoms with van der Waals surface area (Å²) in [5, 5.41) is 0. The van der Waals surface area contributed by atoms with E-state index in [1.54, 1.807) is 16.8 Å². The number of amides is 2. The SMILES string of the molecule is Cc1cccc2[nH]c(COCC(=O)N3CC[C@]4(CN(C)C(=O)O4)C3)nc12. The van der Waals surface area contributed by atoms with Gasteiger partial charge in [0.2, 0.25) is 5.91 Å². The fourth-order valence-electron chi connectivity index (χ4n) is 3.68. The van der Waals surface area contributed by atoms with Gasteiger partial charge in [-0.1, -0.05) is 12.1 Å². The van der Waals surface area contributed by atoms with Crippen LogP contribution >= 0.6 is 0 Å². The highest BCUT2D eigenvalue weighted by molar-refractivity contribution is 5.79. The molecule has 0 saturated carbocycles. The van der Waals surface area contributed by atoms with E-state index in [4.69, 9.17) is 9.47 Å². The van der Waals surface area contributed by atoms with Gasteiger partial charge in [-0.2, -0.15) is 0 Å². The van der Waals surface area contributed by atoms with Crippen LogP contribution in [0.2, 0.25) is 0 Å². The molecule has 2 saturated heterocycles. The molecule has 2 aliphatic rings. The molecule has 1 N–H and O–H groups in total. The molecule has 1 atom stereocenters. The molecule has 1 spiro atoms. The Balaban J connectivity index is 1.30. The highest BCUT2D eigenvalue weighted by Crippen LogP contribution is 2.31. The number of likely N-dealkylation sites (tertiary alicyclic amines) is 1. The number of nitrogens with one attached hydrogen (secondary N) is 1. The van der Waals surface area contributed by atoms with E-state index in [2.05, 4.69) is 9.97 Å². The predicted molar refractivity (Wildman–Crippen MR) is 93.5 cm³/mol. The highest BCUT2D eigenvalue weighted by atomic mass is 16.6. The number of ether oxygens (including phenoxy) is 2. The second-order valence-corrected chi connectivity index (χ2v) is 7.12. The lowest BCUT2D eigenvalue weighted by atomic mass is 10.0. The molecule has 0 bridgehead atoms. The molecule has 3 heterocycles. The molecule has 2 aliphatic heterocycles. The first-order valence-corrected chi connectivity index (χ1v) is 8.70. The van der Waals surface area contributed by atoms with E-state index >= 15 is 0 Å². The molecule has 26 heavy (non-hydrogen) atoms. The molecular formula is C18H22N4O4. The fourth-order valence-corrected chi connectivity index (χ4v) is 3.68. The highest BCUT2D eigenvalue weighted by Gasteiger charge is 2.49. The number of rotatable bonds is 4. The molecule has 2 amide bonds. The lowest BCUT2D eigenvalue weighted by Crippen LogP contribution is -2.40. The minimum atomic E-state index is -0.558. The van der Waals surface area contributed by atoms with Crippen LogP contribution in [0.25, 0.3) is 11.0 Å². The number of aromatic amines is 1. The normalized spacial score (nSPS) is 22.6. The van der Waals surface area contributed by atoms with Crippen molar-refractivity contribution in [1.82, 2.24) is 19.8 Å². The summed E-state index contributed by atoms with van der Waals surface area (Å²) in [5.74, 6) is 0.603. The van der Waals surface area contributed by atoms with Crippen LogP contribution in [0.15, 0.2) is 18.2 Å². The average Bonchev–Trinajstić information content (AvgIpc) is 3.26. The van der Waals surface area contributed by atoms with Crippen LogP contribution in [0.5, 0.6) is 0 Å². The molecule has 8 nitrogen and oxygen atoms in total. The van der Waals surface area contributed by atoms with Crippen molar-refractivity contribution in [3.63, 3.8) is 0 Å². The zero-order valence-corrected chi connectivity index (χ0v) is 14.9. The summed E-state index contributed by atoms with van der Waals surface area (Å²) >= 11 is 0. The van der Waals surface area contributed by atoms with Crippen molar-refractivity contribution in [2.45, 2.75) is 25.6 Å². The van der Waals surface area contributed by atoms with E-state index in [0.29, 0.717) is 31.9 Å². The number of carbonyl (C=O) groups excluding carboxylic acids is 2. The Hall–Kier alpha value is -2.61.